The van der Waals surface area contributed by atoms with Crippen molar-refractivity contribution in [2.45, 2.75) is 57.2 Å². The number of hydrogen-bond acceptors (Lipinski definition) is 4. The van der Waals surface area contributed by atoms with E-state index < -0.39 is 0 Å². The molecular weight excluding hydrogens is 410 g/mol. The van der Waals surface area contributed by atoms with Crippen LogP contribution in [-0.2, 0) is 6.54 Å². The standard InChI is InChI=1S/C27H33N5O/c33-27(30-24-4-1-2-5-24)22-8-12-25(13-9-22)31-18-14-23(15-19-31)28-20-21-6-10-26(11-7-21)32-17-3-16-29-32/h3,6-13,16-17,23-24,28H,1-2,4-5,14-15,18-20H2,(H,30,33). The van der Waals surface area contributed by atoms with Crippen LogP contribution in [0.15, 0.2) is 67.0 Å². The van der Waals surface area contributed by atoms with Gasteiger partial charge in [0.2, 0.25) is 0 Å². The van der Waals surface area contributed by atoms with E-state index in [1.165, 1.54) is 24.1 Å². The summed E-state index contributed by atoms with van der Waals surface area (Å²) in [5, 5.41) is 11.2. The van der Waals surface area contributed by atoms with Crippen LogP contribution < -0.4 is 15.5 Å². The minimum Gasteiger partial charge on any atom is -0.371 e. The molecular formula is C27H33N5O. The summed E-state index contributed by atoms with van der Waals surface area (Å²) in [6, 6.07) is 19.5. The van der Waals surface area contributed by atoms with Crippen molar-refractivity contribution in [3.63, 3.8) is 0 Å². The van der Waals surface area contributed by atoms with Gasteiger partial charge in [0.25, 0.3) is 5.91 Å². The molecule has 0 atom stereocenters. The lowest BCUT2D eigenvalue weighted by atomic mass is 10.0. The van der Waals surface area contributed by atoms with Crippen molar-refractivity contribution in [1.29, 1.82) is 0 Å². The second-order valence-electron chi connectivity index (χ2n) is 9.26. The summed E-state index contributed by atoms with van der Waals surface area (Å²) < 4.78 is 1.88. The van der Waals surface area contributed by atoms with Crippen LogP contribution in [-0.4, -0.2) is 40.9 Å². The minimum atomic E-state index is 0.0639. The van der Waals surface area contributed by atoms with Gasteiger partial charge in [-0.3, -0.25) is 4.79 Å². The van der Waals surface area contributed by atoms with Crippen LogP contribution in [0, 0.1) is 0 Å². The summed E-state index contributed by atoms with van der Waals surface area (Å²) in [6.07, 6.45) is 10.7. The van der Waals surface area contributed by atoms with Crippen molar-refractivity contribution in [1.82, 2.24) is 20.4 Å². The van der Waals surface area contributed by atoms with Gasteiger partial charge in [-0.15, -0.1) is 0 Å². The van der Waals surface area contributed by atoms with E-state index in [4.69, 9.17) is 0 Å². The topological polar surface area (TPSA) is 62.2 Å². The van der Waals surface area contributed by atoms with Gasteiger partial charge in [-0.1, -0.05) is 25.0 Å². The first-order valence-corrected chi connectivity index (χ1v) is 12.2. The molecule has 2 aliphatic rings. The summed E-state index contributed by atoms with van der Waals surface area (Å²) >= 11 is 0. The number of aromatic nitrogens is 2. The fraction of sp³-hybridized carbons (Fsp3) is 0.407. The van der Waals surface area contributed by atoms with Gasteiger partial charge in [0.15, 0.2) is 0 Å². The van der Waals surface area contributed by atoms with E-state index in [0.717, 1.165) is 56.6 Å². The van der Waals surface area contributed by atoms with Gasteiger partial charge in [-0.2, -0.15) is 5.10 Å². The Bertz CT molecular complexity index is 1020. The highest BCUT2D eigenvalue weighted by Gasteiger charge is 2.20. The predicted molar refractivity (Wildman–Crippen MR) is 132 cm³/mol. The summed E-state index contributed by atoms with van der Waals surface area (Å²) in [4.78, 5) is 14.9. The molecule has 6 nitrogen and oxygen atoms in total. The smallest absolute Gasteiger partial charge is 0.251 e. The summed E-state index contributed by atoms with van der Waals surface area (Å²) in [5.74, 6) is 0.0639. The molecule has 1 saturated heterocycles. The molecule has 5 rings (SSSR count). The molecule has 1 aliphatic carbocycles. The fourth-order valence-electron chi connectivity index (χ4n) is 4.95. The SMILES string of the molecule is O=C(NC1CCCC1)c1ccc(N2CCC(NCc3ccc(-n4cccn4)cc3)CC2)cc1. The van der Waals surface area contributed by atoms with Gasteiger partial charge < -0.3 is 15.5 Å². The molecule has 0 spiro atoms. The third-order valence-electron chi connectivity index (χ3n) is 6.98. The quantitative estimate of drug-likeness (QED) is 0.571. The monoisotopic (exact) mass is 443 g/mol. The van der Waals surface area contributed by atoms with E-state index >= 15 is 0 Å². The fourth-order valence-corrected chi connectivity index (χ4v) is 4.95. The molecule has 33 heavy (non-hydrogen) atoms. The first-order chi connectivity index (χ1) is 16.2. The lowest BCUT2D eigenvalue weighted by Crippen LogP contribution is -2.42. The van der Waals surface area contributed by atoms with Crippen molar-refractivity contribution in [2.75, 3.05) is 18.0 Å². The summed E-state index contributed by atoms with van der Waals surface area (Å²) in [5.41, 5.74) is 4.35. The molecule has 2 heterocycles. The molecule has 1 amide bonds. The van der Waals surface area contributed by atoms with Gasteiger partial charge in [0, 0.05) is 55.4 Å². The average Bonchev–Trinajstić information content (AvgIpc) is 3.58. The zero-order valence-electron chi connectivity index (χ0n) is 19.1. The average molecular weight is 444 g/mol. The highest BCUT2D eigenvalue weighted by Crippen LogP contribution is 2.22. The maximum absolute atomic E-state index is 12.5. The highest BCUT2D eigenvalue weighted by atomic mass is 16.1. The number of piperidine rings is 1. The Hall–Kier alpha value is -3.12. The van der Waals surface area contributed by atoms with Gasteiger partial charge in [-0.05, 0) is 73.7 Å². The zero-order valence-corrected chi connectivity index (χ0v) is 19.1. The number of nitrogens with zero attached hydrogens (tertiary/aromatic N) is 3. The van der Waals surface area contributed by atoms with Crippen LogP contribution in [0.1, 0.15) is 54.4 Å². The van der Waals surface area contributed by atoms with Crippen LogP contribution in [0.3, 0.4) is 0 Å². The lowest BCUT2D eigenvalue weighted by molar-refractivity contribution is 0.0938. The van der Waals surface area contributed by atoms with E-state index in [2.05, 4.69) is 57.0 Å². The molecule has 2 N–H and O–H groups in total. The molecule has 172 valence electrons. The Labute approximate surface area is 196 Å². The summed E-state index contributed by atoms with van der Waals surface area (Å²) in [7, 11) is 0. The lowest BCUT2D eigenvalue weighted by Gasteiger charge is -2.34. The van der Waals surface area contributed by atoms with E-state index in [9.17, 15) is 4.79 Å². The first-order valence-electron chi connectivity index (χ1n) is 12.2. The Morgan fingerprint density at radius 2 is 1.58 bits per heavy atom. The number of benzene rings is 2. The molecule has 1 aromatic heterocycles. The molecule has 0 unspecified atom stereocenters. The molecule has 3 aromatic rings. The number of carbonyl (C=O) groups is 1. The molecule has 0 radical (unpaired) electrons. The van der Waals surface area contributed by atoms with Crippen LogP contribution in [0.4, 0.5) is 5.69 Å². The number of hydrogen-bond donors (Lipinski definition) is 2. The van der Waals surface area contributed by atoms with E-state index in [0.29, 0.717) is 12.1 Å². The van der Waals surface area contributed by atoms with E-state index in [-0.39, 0.29) is 5.91 Å². The Morgan fingerprint density at radius 1 is 0.879 bits per heavy atom. The van der Waals surface area contributed by atoms with Crippen LogP contribution in [0.2, 0.25) is 0 Å². The minimum absolute atomic E-state index is 0.0639. The third-order valence-corrected chi connectivity index (χ3v) is 6.98. The molecule has 6 heteroatoms. The number of rotatable bonds is 7. The maximum atomic E-state index is 12.5. The van der Waals surface area contributed by atoms with Crippen LogP contribution in [0.25, 0.3) is 5.69 Å². The third kappa shape index (κ3) is 5.45. The number of carbonyl (C=O) groups excluding carboxylic acids is 1. The van der Waals surface area contributed by atoms with Gasteiger partial charge >= 0.3 is 0 Å². The Morgan fingerprint density at radius 3 is 2.24 bits per heavy atom. The van der Waals surface area contributed by atoms with Crippen LogP contribution in [0.5, 0.6) is 0 Å². The largest absolute Gasteiger partial charge is 0.371 e. The van der Waals surface area contributed by atoms with Gasteiger partial charge in [-0.25, -0.2) is 4.68 Å². The summed E-state index contributed by atoms with van der Waals surface area (Å²) in [6.45, 7) is 2.95. The van der Waals surface area contributed by atoms with E-state index in [1.54, 1.807) is 6.20 Å². The van der Waals surface area contributed by atoms with Gasteiger partial charge in [0.1, 0.15) is 0 Å². The Kier molecular flexibility index (Phi) is 6.72. The maximum Gasteiger partial charge on any atom is 0.251 e. The normalized spacial score (nSPS) is 17.4. The van der Waals surface area contributed by atoms with Crippen LogP contribution >= 0.6 is 0 Å². The second-order valence-corrected chi connectivity index (χ2v) is 9.26. The van der Waals surface area contributed by atoms with Crippen molar-refractivity contribution >= 4 is 11.6 Å². The molecule has 1 saturated carbocycles. The predicted octanol–water partition coefficient (Wildman–Crippen LogP) is 4.30. The molecule has 2 aromatic carbocycles. The highest BCUT2D eigenvalue weighted by molar-refractivity contribution is 5.94. The van der Waals surface area contributed by atoms with Crippen molar-refractivity contribution < 1.29 is 4.79 Å². The van der Waals surface area contributed by atoms with Crippen molar-refractivity contribution in [3.8, 4) is 5.69 Å². The number of anilines is 1. The first kappa shape index (κ1) is 21.7. The Balaban J connectivity index is 1.07. The van der Waals surface area contributed by atoms with Gasteiger partial charge in [0.05, 0.1) is 5.69 Å². The number of amides is 1. The number of nitrogens with one attached hydrogen (secondary N) is 2. The van der Waals surface area contributed by atoms with Crippen molar-refractivity contribution in [2.24, 2.45) is 0 Å². The second kappa shape index (κ2) is 10.2. The van der Waals surface area contributed by atoms with E-state index in [1.807, 2.05) is 29.1 Å². The van der Waals surface area contributed by atoms with Crippen molar-refractivity contribution in [3.05, 3.63) is 78.1 Å². The molecule has 0 bridgehead atoms. The molecule has 1 aliphatic heterocycles. The zero-order chi connectivity index (χ0) is 22.5. The molecule has 2 fully saturated rings.